The van der Waals surface area contributed by atoms with Gasteiger partial charge in [-0.1, -0.05) is 6.07 Å². The van der Waals surface area contributed by atoms with E-state index in [1.54, 1.807) is 23.7 Å². The van der Waals surface area contributed by atoms with Crippen molar-refractivity contribution >= 4 is 21.4 Å². The second-order valence-corrected chi connectivity index (χ2v) is 5.77. The Bertz CT molecular complexity index is 502. The van der Waals surface area contributed by atoms with Crippen molar-refractivity contribution in [2.75, 3.05) is 0 Å². The van der Waals surface area contributed by atoms with Gasteiger partial charge in [-0.25, -0.2) is 18.1 Å². The Labute approximate surface area is 91.2 Å². The van der Waals surface area contributed by atoms with Gasteiger partial charge in [0.1, 0.15) is 4.21 Å². The molecule has 2 aromatic heterocycles. The summed E-state index contributed by atoms with van der Waals surface area (Å²) in [6, 6.07) is 3.27. The number of nitrogens with zero attached hydrogens (tertiary/aromatic N) is 1. The SMILES string of the molecule is O=S(=O)(NCc1cnc[nH]1)c1cccs1. The van der Waals surface area contributed by atoms with E-state index in [0.29, 0.717) is 4.21 Å². The topological polar surface area (TPSA) is 74.8 Å². The van der Waals surface area contributed by atoms with Crippen LogP contribution in [0.3, 0.4) is 0 Å². The lowest BCUT2D eigenvalue weighted by Crippen LogP contribution is -2.22. The average molecular weight is 243 g/mol. The summed E-state index contributed by atoms with van der Waals surface area (Å²) in [7, 11) is -3.37. The number of hydrogen-bond acceptors (Lipinski definition) is 4. The molecule has 15 heavy (non-hydrogen) atoms. The Kier molecular flexibility index (Phi) is 2.85. The molecule has 0 aromatic carbocycles. The summed E-state index contributed by atoms with van der Waals surface area (Å²) >= 11 is 1.19. The average Bonchev–Trinajstić information content (AvgIpc) is 2.88. The lowest BCUT2D eigenvalue weighted by atomic mass is 10.5. The standard InChI is InChI=1S/C8H9N3O2S2/c12-15(13,8-2-1-3-14-8)11-5-7-4-9-6-10-7/h1-4,6,11H,5H2,(H,9,10). The summed E-state index contributed by atoms with van der Waals surface area (Å²) in [5.41, 5.74) is 0.732. The zero-order valence-corrected chi connectivity index (χ0v) is 9.31. The Morgan fingerprint density at radius 3 is 3.00 bits per heavy atom. The van der Waals surface area contributed by atoms with Crippen molar-refractivity contribution in [3.05, 3.63) is 35.7 Å². The lowest BCUT2D eigenvalue weighted by Gasteiger charge is -2.02. The molecule has 0 bridgehead atoms. The lowest BCUT2D eigenvalue weighted by molar-refractivity contribution is 0.582. The van der Waals surface area contributed by atoms with Gasteiger partial charge >= 0.3 is 0 Å². The largest absolute Gasteiger partial charge is 0.347 e. The molecule has 0 unspecified atom stereocenters. The second kappa shape index (κ2) is 4.13. The number of sulfonamides is 1. The van der Waals surface area contributed by atoms with Crippen molar-refractivity contribution in [1.82, 2.24) is 14.7 Å². The third-order valence-corrected chi connectivity index (χ3v) is 4.57. The van der Waals surface area contributed by atoms with Crippen LogP contribution in [0.25, 0.3) is 0 Å². The van der Waals surface area contributed by atoms with Crippen molar-refractivity contribution in [3.63, 3.8) is 0 Å². The molecular weight excluding hydrogens is 234 g/mol. The van der Waals surface area contributed by atoms with Gasteiger partial charge in [0.15, 0.2) is 0 Å². The Hall–Kier alpha value is -1.18. The first-order valence-corrected chi connectivity index (χ1v) is 6.55. The monoisotopic (exact) mass is 243 g/mol. The summed E-state index contributed by atoms with van der Waals surface area (Å²) in [5.74, 6) is 0. The Morgan fingerprint density at radius 2 is 2.40 bits per heavy atom. The van der Waals surface area contributed by atoms with Gasteiger partial charge in [-0.15, -0.1) is 11.3 Å². The minimum absolute atomic E-state index is 0.222. The molecule has 2 rings (SSSR count). The number of nitrogens with one attached hydrogen (secondary N) is 2. The Balaban J connectivity index is 2.06. The van der Waals surface area contributed by atoms with E-state index < -0.39 is 10.0 Å². The number of rotatable bonds is 4. The van der Waals surface area contributed by atoms with Crippen LogP contribution in [0.1, 0.15) is 5.69 Å². The van der Waals surface area contributed by atoms with Gasteiger partial charge in [-0.3, -0.25) is 0 Å². The molecule has 5 nitrogen and oxygen atoms in total. The van der Waals surface area contributed by atoms with E-state index in [-0.39, 0.29) is 6.54 Å². The van der Waals surface area contributed by atoms with Crippen LogP contribution in [0.15, 0.2) is 34.2 Å². The zero-order chi connectivity index (χ0) is 10.7. The van der Waals surface area contributed by atoms with Crippen molar-refractivity contribution < 1.29 is 8.42 Å². The molecule has 2 aromatic rings. The van der Waals surface area contributed by atoms with Crippen molar-refractivity contribution in [2.24, 2.45) is 0 Å². The fraction of sp³-hybridized carbons (Fsp3) is 0.125. The molecule has 0 aliphatic carbocycles. The van der Waals surface area contributed by atoms with Crippen LogP contribution in [0, 0.1) is 0 Å². The molecule has 7 heteroatoms. The van der Waals surface area contributed by atoms with Crippen LogP contribution >= 0.6 is 11.3 Å². The minimum atomic E-state index is -3.37. The fourth-order valence-corrected chi connectivity index (χ4v) is 3.09. The van der Waals surface area contributed by atoms with Crippen LogP contribution in [0.2, 0.25) is 0 Å². The second-order valence-electron chi connectivity index (χ2n) is 2.83. The molecule has 80 valence electrons. The number of imidazole rings is 1. The van der Waals surface area contributed by atoms with Crippen LogP contribution in [-0.4, -0.2) is 18.4 Å². The first kappa shape index (κ1) is 10.3. The van der Waals surface area contributed by atoms with E-state index >= 15 is 0 Å². The van der Waals surface area contributed by atoms with Gasteiger partial charge in [-0.05, 0) is 11.4 Å². The summed E-state index contributed by atoms with van der Waals surface area (Å²) < 4.78 is 26.1. The highest BCUT2D eigenvalue weighted by atomic mass is 32.2. The molecule has 0 aliphatic heterocycles. The Morgan fingerprint density at radius 1 is 1.53 bits per heavy atom. The van der Waals surface area contributed by atoms with E-state index in [9.17, 15) is 8.42 Å². The predicted molar refractivity (Wildman–Crippen MR) is 56.9 cm³/mol. The minimum Gasteiger partial charge on any atom is -0.347 e. The zero-order valence-electron chi connectivity index (χ0n) is 7.67. The number of thiophene rings is 1. The quantitative estimate of drug-likeness (QED) is 0.839. The molecule has 0 saturated heterocycles. The van der Waals surface area contributed by atoms with Crippen LogP contribution in [0.5, 0.6) is 0 Å². The third kappa shape index (κ3) is 2.44. The maximum Gasteiger partial charge on any atom is 0.250 e. The highest BCUT2D eigenvalue weighted by Crippen LogP contribution is 2.15. The maximum atomic E-state index is 11.7. The highest BCUT2D eigenvalue weighted by molar-refractivity contribution is 7.91. The first-order chi connectivity index (χ1) is 7.18. The molecule has 0 aliphatic rings. The molecule has 2 N–H and O–H groups in total. The van der Waals surface area contributed by atoms with Gasteiger partial charge in [-0.2, -0.15) is 0 Å². The van der Waals surface area contributed by atoms with Gasteiger partial charge < -0.3 is 4.98 Å². The molecule has 0 amide bonds. The van der Waals surface area contributed by atoms with Gasteiger partial charge in [0.05, 0.1) is 12.9 Å². The molecule has 0 saturated carbocycles. The molecular formula is C8H9N3O2S2. The van der Waals surface area contributed by atoms with E-state index in [1.807, 2.05) is 0 Å². The van der Waals surface area contributed by atoms with E-state index in [2.05, 4.69) is 14.7 Å². The van der Waals surface area contributed by atoms with E-state index in [4.69, 9.17) is 0 Å². The van der Waals surface area contributed by atoms with Crippen LogP contribution in [0.4, 0.5) is 0 Å². The van der Waals surface area contributed by atoms with Gasteiger partial charge in [0.25, 0.3) is 0 Å². The fourth-order valence-electron chi connectivity index (χ4n) is 1.04. The summed E-state index contributed by atoms with van der Waals surface area (Å²) in [4.78, 5) is 6.62. The van der Waals surface area contributed by atoms with Crippen molar-refractivity contribution in [3.8, 4) is 0 Å². The van der Waals surface area contributed by atoms with Crippen LogP contribution < -0.4 is 4.72 Å². The van der Waals surface area contributed by atoms with Crippen LogP contribution in [-0.2, 0) is 16.6 Å². The normalized spacial score (nSPS) is 11.7. The van der Waals surface area contributed by atoms with Crippen molar-refractivity contribution in [2.45, 2.75) is 10.8 Å². The van der Waals surface area contributed by atoms with Gasteiger partial charge in [0, 0.05) is 11.9 Å². The number of aromatic nitrogens is 2. The molecule has 0 fully saturated rings. The molecule has 2 heterocycles. The number of aromatic amines is 1. The summed E-state index contributed by atoms with van der Waals surface area (Å²) in [6.45, 7) is 0.222. The predicted octanol–water partition coefficient (Wildman–Crippen LogP) is 0.950. The number of hydrogen-bond donors (Lipinski definition) is 2. The molecule has 0 spiro atoms. The molecule has 0 atom stereocenters. The molecule has 0 radical (unpaired) electrons. The summed E-state index contributed by atoms with van der Waals surface area (Å²) in [6.07, 6.45) is 3.09. The smallest absolute Gasteiger partial charge is 0.250 e. The van der Waals surface area contributed by atoms with E-state index in [1.165, 1.54) is 17.7 Å². The van der Waals surface area contributed by atoms with Gasteiger partial charge in [0.2, 0.25) is 10.0 Å². The summed E-state index contributed by atoms with van der Waals surface area (Å²) in [5, 5.41) is 1.73. The maximum absolute atomic E-state index is 11.7. The first-order valence-electron chi connectivity index (χ1n) is 4.19. The van der Waals surface area contributed by atoms with Crippen molar-refractivity contribution in [1.29, 1.82) is 0 Å². The van der Waals surface area contributed by atoms with E-state index in [0.717, 1.165) is 5.69 Å². The number of H-pyrrole nitrogens is 1. The highest BCUT2D eigenvalue weighted by Gasteiger charge is 2.14. The third-order valence-electron chi connectivity index (χ3n) is 1.77.